The molecule has 0 saturated heterocycles. The van der Waals surface area contributed by atoms with E-state index in [1.807, 2.05) is 0 Å². The molecule has 0 aliphatic rings. The number of carbonyl (C=O) groups is 2. The summed E-state index contributed by atoms with van der Waals surface area (Å²) in [6, 6.07) is 5.40. The van der Waals surface area contributed by atoms with Crippen molar-refractivity contribution in [2.45, 2.75) is 56.7 Å². The second kappa shape index (κ2) is 9.05. The molecule has 8 nitrogen and oxygen atoms in total. The Morgan fingerprint density at radius 1 is 1.21 bits per heavy atom. The number of hydrogen-bond donors (Lipinski definition) is 2. The molecule has 1 heterocycles. The van der Waals surface area contributed by atoms with E-state index < -0.39 is 34.6 Å². The molecule has 2 aromatic rings. The van der Waals surface area contributed by atoms with E-state index >= 15 is 0 Å². The highest BCUT2D eigenvalue weighted by Crippen LogP contribution is 2.27. The number of thioether (sulfide) groups is 1. The Kier molecular flexibility index (Phi) is 7.00. The number of carbonyl (C=O) groups excluding carboxylic acids is 2. The maximum absolute atomic E-state index is 13.7. The van der Waals surface area contributed by atoms with Gasteiger partial charge in [0.2, 0.25) is 5.91 Å². The van der Waals surface area contributed by atoms with Crippen molar-refractivity contribution in [1.29, 1.82) is 0 Å². The van der Waals surface area contributed by atoms with Crippen LogP contribution in [0.15, 0.2) is 33.9 Å². The van der Waals surface area contributed by atoms with E-state index in [9.17, 15) is 14.0 Å². The van der Waals surface area contributed by atoms with E-state index in [1.165, 1.54) is 12.1 Å². The Bertz CT molecular complexity index is 837. The summed E-state index contributed by atoms with van der Waals surface area (Å²) in [7, 11) is 0. The van der Waals surface area contributed by atoms with Crippen LogP contribution in [0.3, 0.4) is 0 Å². The van der Waals surface area contributed by atoms with Crippen LogP contribution >= 0.6 is 11.8 Å². The zero-order chi connectivity index (χ0) is 20.9. The SMILES string of the molecule is C[C@H](Oc1ccccc1F)c1nnc(S[C@H](C)C(=O)NC(=O)NC(C)(C)C)o1. The fraction of sp³-hybridized carbons (Fsp3) is 0.444. The Hall–Kier alpha value is -2.62. The van der Waals surface area contributed by atoms with Crippen LogP contribution in [-0.2, 0) is 4.79 Å². The zero-order valence-corrected chi connectivity index (χ0v) is 17.1. The first-order valence-electron chi connectivity index (χ1n) is 8.59. The Balaban J connectivity index is 1.91. The lowest BCUT2D eigenvalue weighted by Crippen LogP contribution is -2.49. The van der Waals surface area contributed by atoms with Gasteiger partial charge in [-0.05, 0) is 46.8 Å². The van der Waals surface area contributed by atoms with Crippen LogP contribution in [0.4, 0.5) is 9.18 Å². The zero-order valence-electron chi connectivity index (χ0n) is 16.3. The van der Waals surface area contributed by atoms with Crippen molar-refractivity contribution in [3.63, 3.8) is 0 Å². The van der Waals surface area contributed by atoms with Crippen LogP contribution in [0.5, 0.6) is 5.75 Å². The van der Waals surface area contributed by atoms with E-state index in [4.69, 9.17) is 9.15 Å². The first kappa shape index (κ1) is 21.7. The number of benzene rings is 1. The minimum atomic E-state index is -0.680. The Labute approximate surface area is 166 Å². The van der Waals surface area contributed by atoms with Gasteiger partial charge in [0.1, 0.15) is 0 Å². The molecule has 0 spiro atoms. The molecule has 2 N–H and O–H groups in total. The molecular formula is C18H23FN4O4S. The standard InChI is InChI=1S/C18H23FN4O4S/c1-10(26-13-9-7-6-8-12(13)19)15-22-23-17(27-15)28-11(2)14(24)20-16(25)21-18(3,4)5/h6-11H,1-5H3,(H2,20,21,24,25)/t10-,11+/m0/s1. The fourth-order valence-electron chi connectivity index (χ4n) is 2.00. The van der Waals surface area contributed by atoms with Crippen molar-refractivity contribution >= 4 is 23.7 Å². The number of amides is 3. The van der Waals surface area contributed by atoms with Crippen molar-refractivity contribution in [3.8, 4) is 5.75 Å². The number of para-hydroxylation sites is 1. The topological polar surface area (TPSA) is 106 Å². The Morgan fingerprint density at radius 3 is 2.54 bits per heavy atom. The van der Waals surface area contributed by atoms with Crippen molar-refractivity contribution in [3.05, 3.63) is 36.0 Å². The van der Waals surface area contributed by atoms with Gasteiger partial charge in [0.05, 0.1) is 5.25 Å². The maximum Gasteiger partial charge on any atom is 0.321 e. The van der Waals surface area contributed by atoms with Crippen LogP contribution in [0.1, 0.15) is 46.6 Å². The number of aromatic nitrogens is 2. The first-order valence-corrected chi connectivity index (χ1v) is 9.47. The summed E-state index contributed by atoms with van der Waals surface area (Å²) in [5.74, 6) is -0.784. The van der Waals surface area contributed by atoms with Crippen LogP contribution in [-0.4, -0.2) is 32.9 Å². The second-order valence-electron chi connectivity index (χ2n) is 7.05. The van der Waals surface area contributed by atoms with Gasteiger partial charge in [0.15, 0.2) is 17.7 Å². The lowest BCUT2D eigenvalue weighted by Gasteiger charge is -2.20. The van der Waals surface area contributed by atoms with E-state index in [-0.39, 0.29) is 16.9 Å². The quantitative estimate of drug-likeness (QED) is 0.703. The molecule has 1 aromatic carbocycles. The number of imide groups is 1. The summed E-state index contributed by atoms with van der Waals surface area (Å²) in [5, 5.41) is 12.1. The number of halogens is 1. The van der Waals surface area contributed by atoms with Crippen LogP contribution < -0.4 is 15.4 Å². The third-order valence-electron chi connectivity index (χ3n) is 3.28. The van der Waals surface area contributed by atoms with Gasteiger partial charge >= 0.3 is 6.03 Å². The maximum atomic E-state index is 13.7. The van der Waals surface area contributed by atoms with E-state index in [1.54, 1.807) is 46.8 Å². The van der Waals surface area contributed by atoms with Gasteiger partial charge in [-0.25, -0.2) is 9.18 Å². The van der Waals surface area contributed by atoms with E-state index in [2.05, 4.69) is 20.8 Å². The molecule has 10 heteroatoms. The highest BCUT2D eigenvalue weighted by Gasteiger charge is 2.23. The summed E-state index contributed by atoms with van der Waals surface area (Å²) in [6.45, 7) is 8.66. The summed E-state index contributed by atoms with van der Waals surface area (Å²) in [6.07, 6.45) is -0.680. The van der Waals surface area contributed by atoms with Gasteiger partial charge < -0.3 is 14.5 Å². The molecule has 28 heavy (non-hydrogen) atoms. The van der Waals surface area contributed by atoms with Gasteiger partial charge in [-0.1, -0.05) is 23.9 Å². The molecule has 2 atom stereocenters. The van der Waals surface area contributed by atoms with Crippen molar-refractivity contribution in [2.75, 3.05) is 0 Å². The summed E-state index contributed by atoms with van der Waals surface area (Å²) >= 11 is 0.997. The van der Waals surface area contributed by atoms with Crippen molar-refractivity contribution in [2.24, 2.45) is 0 Å². The predicted molar refractivity (Wildman–Crippen MR) is 101 cm³/mol. The molecule has 152 valence electrons. The molecule has 1 aromatic heterocycles. The minimum Gasteiger partial charge on any atom is -0.478 e. The van der Waals surface area contributed by atoms with Crippen molar-refractivity contribution in [1.82, 2.24) is 20.8 Å². The molecule has 0 radical (unpaired) electrons. The lowest BCUT2D eigenvalue weighted by molar-refractivity contribution is -0.119. The first-order chi connectivity index (χ1) is 13.0. The summed E-state index contributed by atoms with van der Waals surface area (Å²) in [4.78, 5) is 23.9. The molecule has 0 unspecified atom stereocenters. The van der Waals surface area contributed by atoms with Crippen molar-refractivity contribution < 1.29 is 23.1 Å². The molecule has 2 rings (SSSR count). The normalized spacial score (nSPS) is 13.5. The Morgan fingerprint density at radius 2 is 1.89 bits per heavy atom. The minimum absolute atomic E-state index is 0.0695. The van der Waals surface area contributed by atoms with E-state index in [0.29, 0.717) is 0 Å². The number of ether oxygens (including phenoxy) is 1. The van der Waals surface area contributed by atoms with Crippen LogP contribution in [0, 0.1) is 5.82 Å². The molecule has 0 saturated carbocycles. The number of hydrogen-bond acceptors (Lipinski definition) is 7. The average molecular weight is 410 g/mol. The molecule has 3 amide bonds. The van der Waals surface area contributed by atoms with E-state index in [0.717, 1.165) is 11.8 Å². The van der Waals surface area contributed by atoms with Gasteiger partial charge in [-0.2, -0.15) is 0 Å². The molecule has 0 fully saturated rings. The molecular weight excluding hydrogens is 387 g/mol. The molecule has 0 aliphatic heterocycles. The smallest absolute Gasteiger partial charge is 0.321 e. The number of nitrogens with zero attached hydrogens (tertiary/aromatic N) is 2. The van der Waals surface area contributed by atoms with Gasteiger partial charge in [0.25, 0.3) is 11.1 Å². The van der Waals surface area contributed by atoms with Gasteiger partial charge in [-0.15, -0.1) is 10.2 Å². The largest absolute Gasteiger partial charge is 0.478 e. The molecule has 0 aliphatic carbocycles. The van der Waals surface area contributed by atoms with Crippen LogP contribution in [0.2, 0.25) is 0 Å². The second-order valence-corrected chi connectivity index (χ2v) is 8.34. The third-order valence-corrected chi connectivity index (χ3v) is 4.22. The highest BCUT2D eigenvalue weighted by molar-refractivity contribution is 8.00. The predicted octanol–water partition coefficient (Wildman–Crippen LogP) is 3.45. The lowest BCUT2D eigenvalue weighted by atomic mass is 10.1. The fourth-order valence-corrected chi connectivity index (χ4v) is 2.69. The average Bonchev–Trinajstić information content (AvgIpc) is 3.03. The van der Waals surface area contributed by atoms with Gasteiger partial charge in [0, 0.05) is 5.54 Å². The monoisotopic (exact) mass is 410 g/mol. The van der Waals surface area contributed by atoms with Crippen LogP contribution in [0.25, 0.3) is 0 Å². The summed E-state index contributed by atoms with van der Waals surface area (Å²) < 4.78 is 24.6. The molecule has 0 bridgehead atoms. The van der Waals surface area contributed by atoms with Gasteiger partial charge in [-0.3, -0.25) is 10.1 Å². The number of urea groups is 1. The summed E-state index contributed by atoms with van der Waals surface area (Å²) in [5.41, 5.74) is -0.462. The number of nitrogens with one attached hydrogen (secondary N) is 2. The third kappa shape index (κ3) is 6.52. The highest BCUT2D eigenvalue weighted by atomic mass is 32.2. The number of rotatable bonds is 6.